The van der Waals surface area contributed by atoms with Gasteiger partial charge in [0.2, 0.25) is 11.8 Å². The van der Waals surface area contributed by atoms with Crippen LogP contribution in [0.5, 0.6) is 0 Å². The van der Waals surface area contributed by atoms with E-state index in [1.807, 2.05) is 0 Å². The number of carbonyl (C=O) groups excluding carboxylic acids is 2. The number of hydrogen-bond acceptors (Lipinski definition) is 3. The van der Waals surface area contributed by atoms with Crippen LogP contribution in [0.15, 0.2) is 34.8 Å². The van der Waals surface area contributed by atoms with Crippen LogP contribution in [0, 0.1) is 33.9 Å². The van der Waals surface area contributed by atoms with Crippen molar-refractivity contribution in [2.75, 3.05) is 19.6 Å². The Balaban J connectivity index is 1.53. The predicted molar refractivity (Wildman–Crippen MR) is 128 cm³/mol. The minimum absolute atomic E-state index is 0.0639. The molecule has 4 N–H and O–H groups in total. The molecule has 1 spiro atoms. The van der Waals surface area contributed by atoms with Crippen LogP contribution < -0.4 is 11.5 Å². The highest BCUT2D eigenvalue weighted by Crippen LogP contribution is 2.81. The topological polar surface area (TPSA) is 89.4 Å². The Morgan fingerprint density at radius 1 is 1.03 bits per heavy atom. The van der Waals surface area contributed by atoms with Crippen LogP contribution in [0.3, 0.4) is 0 Å². The molecule has 5 rings (SSSR count). The van der Waals surface area contributed by atoms with Gasteiger partial charge in [-0.2, -0.15) is 0 Å². The van der Waals surface area contributed by atoms with E-state index in [0.29, 0.717) is 10.9 Å². The van der Waals surface area contributed by atoms with Crippen molar-refractivity contribution in [1.29, 1.82) is 0 Å². The Kier molecular flexibility index (Phi) is 5.72. The second kappa shape index (κ2) is 8.19. The highest BCUT2D eigenvalue weighted by molar-refractivity contribution is 9.10. The zero-order valence-electron chi connectivity index (χ0n) is 19.0. The fraction of sp³-hybridized carbons (Fsp3) is 0.615. The van der Waals surface area contributed by atoms with Crippen molar-refractivity contribution in [3.05, 3.63) is 46.2 Å². The molecule has 5 nitrogen and oxygen atoms in total. The Morgan fingerprint density at radius 2 is 1.67 bits per heavy atom. The van der Waals surface area contributed by atoms with Gasteiger partial charge in [-0.25, -0.2) is 4.39 Å². The van der Waals surface area contributed by atoms with E-state index >= 15 is 0 Å². The standard InChI is InChI=1S/C26H33BrFN3O2/c27-19-15-18(28)6-5-17(19)16-26(23(30)33)21-8-7-20(24(21)10-11-24)25(26,22(29)32)9-1-2-12-31-13-3-4-14-31/h5-8,15,20-21H,1-4,9-14,16H2,(H2,29,32)(H2,30,33)/t20-,21+,25+,26+/m1/s1. The van der Waals surface area contributed by atoms with Crippen molar-refractivity contribution in [2.24, 2.45) is 39.5 Å². The third-order valence-corrected chi connectivity index (χ3v) is 10.0. The van der Waals surface area contributed by atoms with Crippen molar-refractivity contribution in [2.45, 2.75) is 51.4 Å². The first-order chi connectivity index (χ1) is 15.8. The van der Waals surface area contributed by atoms with Crippen LogP contribution in [-0.2, 0) is 16.0 Å². The van der Waals surface area contributed by atoms with Gasteiger partial charge in [-0.3, -0.25) is 9.59 Å². The van der Waals surface area contributed by atoms with E-state index in [1.165, 1.54) is 25.0 Å². The smallest absolute Gasteiger partial charge is 0.225 e. The molecule has 3 aliphatic carbocycles. The Hall–Kier alpha value is -1.73. The third kappa shape index (κ3) is 3.25. The summed E-state index contributed by atoms with van der Waals surface area (Å²) in [6.07, 6.45) is 11.4. The number of carbonyl (C=O) groups is 2. The normalized spacial score (nSPS) is 33.8. The van der Waals surface area contributed by atoms with Crippen molar-refractivity contribution in [1.82, 2.24) is 4.90 Å². The highest BCUT2D eigenvalue weighted by atomic mass is 79.9. The maximum Gasteiger partial charge on any atom is 0.225 e. The number of amides is 2. The fourth-order valence-electron chi connectivity index (χ4n) is 7.74. The second-order valence-corrected chi connectivity index (χ2v) is 11.5. The van der Waals surface area contributed by atoms with Crippen molar-refractivity contribution < 1.29 is 14.0 Å². The van der Waals surface area contributed by atoms with E-state index < -0.39 is 22.6 Å². The fourth-order valence-corrected chi connectivity index (χ4v) is 8.23. The summed E-state index contributed by atoms with van der Waals surface area (Å²) < 4.78 is 14.4. The monoisotopic (exact) mass is 517 g/mol. The first-order valence-corrected chi connectivity index (χ1v) is 13.0. The molecule has 1 aromatic rings. The van der Waals surface area contributed by atoms with Gasteiger partial charge < -0.3 is 16.4 Å². The van der Waals surface area contributed by atoms with Crippen molar-refractivity contribution in [3.63, 3.8) is 0 Å². The molecule has 0 unspecified atom stereocenters. The van der Waals surface area contributed by atoms with Crippen LogP contribution in [0.2, 0.25) is 0 Å². The van der Waals surface area contributed by atoms with Gasteiger partial charge in [0.15, 0.2) is 0 Å². The molecule has 2 amide bonds. The number of unbranched alkanes of at least 4 members (excludes halogenated alkanes) is 1. The minimum Gasteiger partial charge on any atom is -0.369 e. The first kappa shape index (κ1) is 23.0. The van der Waals surface area contributed by atoms with Gasteiger partial charge in [-0.05, 0) is 99.5 Å². The number of rotatable bonds is 9. The second-order valence-electron chi connectivity index (χ2n) is 10.7. The summed E-state index contributed by atoms with van der Waals surface area (Å²) in [4.78, 5) is 29.4. The van der Waals surface area contributed by atoms with Gasteiger partial charge in [0.1, 0.15) is 5.82 Å². The number of hydrogen-bond donors (Lipinski definition) is 2. The molecule has 33 heavy (non-hydrogen) atoms. The molecule has 0 aromatic heterocycles. The lowest BCUT2D eigenvalue weighted by Crippen LogP contribution is -2.60. The number of nitrogens with two attached hydrogens (primary N) is 2. The molecular weight excluding hydrogens is 485 g/mol. The molecular formula is C26H33BrFN3O2. The molecule has 1 heterocycles. The van der Waals surface area contributed by atoms with Gasteiger partial charge in [0, 0.05) is 4.47 Å². The number of allylic oxidation sites excluding steroid dienone is 2. The van der Waals surface area contributed by atoms with Crippen LogP contribution in [0.4, 0.5) is 4.39 Å². The third-order valence-electron chi connectivity index (χ3n) is 9.28. The van der Waals surface area contributed by atoms with E-state index in [1.54, 1.807) is 6.07 Å². The van der Waals surface area contributed by atoms with Crippen LogP contribution in [0.1, 0.15) is 50.5 Å². The van der Waals surface area contributed by atoms with E-state index in [2.05, 4.69) is 33.0 Å². The molecule has 3 fully saturated rings. The molecule has 1 saturated heterocycles. The average Bonchev–Trinajstić information content (AvgIpc) is 3.13. The molecule has 2 saturated carbocycles. The zero-order chi connectivity index (χ0) is 23.4. The summed E-state index contributed by atoms with van der Waals surface area (Å²) in [7, 11) is 0. The highest BCUT2D eigenvalue weighted by Gasteiger charge is 2.81. The maximum atomic E-state index is 13.8. The van der Waals surface area contributed by atoms with Crippen molar-refractivity contribution >= 4 is 27.7 Å². The molecule has 1 aliphatic heterocycles. The Morgan fingerprint density at radius 3 is 2.24 bits per heavy atom. The number of benzene rings is 1. The Bertz CT molecular complexity index is 1000. The lowest BCUT2D eigenvalue weighted by Gasteiger charge is -2.48. The minimum atomic E-state index is -1.11. The molecule has 2 bridgehead atoms. The summed E-state index contributed by atoms with van der Waals surface area (Å²) in [5.74, 6) is -1.40. The molecule has 4 atom stereocenters. The molecule has 1 aromatic carbocycles. The first-order valence-electron chi connectivity index (χ1n) is 12.2. The average molecular weight is 518 g/mol. The maximum absolute atomic E-state index is 13.8. The van der Waals surface area contributed by atoms with Crippen LogP contribution >= 0.6 is 15.9 Å². The number of primary amides is 2. The summed E-state index contributed by atoms with van der Waals surface area (Å²) >= 11 is 3.47. The Labute approximate surface area is 203 Å². The van der Waals surface area contributed by atoms with Gasteiger partial charge in [0.25, 0.3) is 0 Å². The molecule has 4 aliphatic rings. The quantitative estimate of drug-likeness (QED) is 0.384. The summed E-state index contributed by atoms with van der Waals surface area (Å²) in [6, 6.07) is 4.49. The molecule has 0 radical (unpaired) electrons. The van der Waals surface area contributed by atoms with Crippen LogP contribution in [-0.4, -0.2) is 36.3 Å². The van der Waals surface area contributed by atoms with Gasteiger partial charge in [-0.15, -0.1) is 0 Å². The zero-order valence-corrected chi connectivity index (χ0v) is 20.6. The van der Waals surface area contributed by atoms with Gasteiger partial charge in [0.05, 0.1) is 10.8 Å². The number of halogens is 2. The van der Waals surface area contributed by atoms with E-state index in [0.717, 1.165) is 50.9 Å². The van der Waals surface area contributed by atoms with Gasteiger partial charge in [-0.1, -0.05) is 40.6 Å². The lowest BCUT2D eigenvalue weighted by molar-refractivity contribution is -0.151. The summed E-state index contributed by atoms with van der Waals surface area (Å²) in [5, 5.41) is 0. The van der Waals surface area contributed by atoms with Gasteiger partial charge >= 0.3 is 0 Å². The van der Waals surface area contributed by atoms with Crippen molar-refractivity contribution in [3.8, 4) is 0 Å². The lowest BCUT2D eigenvalue weighted by atomic mass is 9.53. The number of likely N-dealkylation sites (tertiary alicyclic amines) is 1. The van der Waals surface area contributed by atoms with Crippen LogP contribution in [0.25, 0.3) is 0 Å². The SMILES string of the molecule is NC(=O)[C@]1(CCCCN2CCCC2)[C@@H]2C=C[C@@H](C23CC3)[C@@]1(Cc1ccc(F)cc1Br)C(N)=O. The largest absolute Gasteiger partial charge is 0.369 e. The number of nitrogens with zero attached hydrogens (tertiary/aromatic N) is 1. The molecule has 178 valence electrons. The van der Waals surface area contributed by atoms with E-state index in [9.17, 15) is 14.0 Å². The predicted octanol–water partition coefficient (Wildman–Crippen LogP) is 3.94. The summed E-state index contributed by atoms with van der Waals surface area (Å²) in [5.41, 5.74) is 11.0. The van der Waals surface area contributed by atoms with E-state index in [4.69, 9.17) is 11.5 Å². The summed E-state index contributed by atoms with van der Waals surface area (Å²) in [6.45, 7) is 3.29. The molecule has 7 heteroatoms. The van der Waals surface area contributed by atoms with E-state index in [-0.39, 0.29) is 29.5 Å².